The second kappa shape index (κ2) is 6.62. The molecule has 0 spiro atoms. The number of aryl methyl sites for hydroxylation is 1. The lowest BCUT2D eigenvalue weighted by Crippen LogP contribution is -2.47. The number of carbonyl (C=O) groups is 2. The normalized spacial score (nSPS) is 19.0. The predicted molar refractivity (Wildman–Crippen MR) is 93.8 cm³/mol. The number of amides is 3. The van der Waals surface area contributed by atoms with Crippen molar-refractivity contribution < 1.29 is 9.59 Å². The van der Waals surface area contributed by atoms with Gasteiger partial charge in [0.15, 0.2) is 0 Å². The first kappa shape index (κ1) is 16.3. The summed E-state index contributed by atoms with van der Waals surface area (Å²) in [6, 6.07) is 2.74. The van der Waals surface area contributed by atoms with E-state index in [1.807, 2.05) is 6.07 Å². The number of hydrogen-bond donors (Lipinski definition) is 4. The number of aromatic amines is 1. The molecule has 26 heavy (non-hydrogen) atoms. The molecule has 3 amide bonds. The van der Waals surface area contributed by atoms with Gasteiger partial charge in [-0.25, -0.2) is 4.79 Å². The molecule has 1 aliphatic carbocycles. The van der Waals surface area contributed by atoms with Crippen molar-refractivity contribution >= 4 is 11.9 Å². The van der Waals surface area contributed by atoms with Gasteiger partial charge in [0.25, 0.3) is 5.91 Å². The van der Waals surface area contributed by atoms with Crippen molar-refractivity contribution in [2.45, 2.75) is 38.8 Å². The molecular weight excluding hydrogens is 332 g/mol. The van der Waals surface area contributed by atoms with E-state index in [9.17, 15) is 9.59 Å². The molecule has 1 atom stereocenters. The van der Waals surface area contributed by atoms with E-state index >= 15 is 0 Å². The highest BCUT2D eigenvalue weighted by Crippen LogP contribution is 2.27. The maximum atomic E-state index is 12.9. The van der Waals surface area contributed by atoms with E-state index in [2.05, 4.69) is 31.1 Å². The molecule has 0 bridgehead atoms. The van der Waals surface area contributed by atoms with Gasteiger partial charge in [-0.3, -0.25) is 14.9 Å². The molecule has 2 aromatic rings. The van der Waals surface area contributed by atoms with Gasteiger partial charge in [-0.2, -0.15) is 5.10 Å². The van der Waals surface area contributed by atoms with Gasteiger partial charge in [0, 0.05) is 23.8 Å². The quantitative estimate of drug-likeness (QED) is 0.663. The van der Waals surface area contributed by atoms with Gasteiger partial charge in [0.2, 0.25) is 0 Å². The number of allylic oxidation sites excluding steroid dienone is 1. The molecule has 0 saturated carbocycles. The molecule has 0 fully saturated rings. The fourth-order valence-electron chi connectivity index (χ4n) is 3.59. The van der Waals surface area contributed by atoms with Crippen molar-refractivity contribution in [1.29, 1.82) is 0 Å². The highest BCUT2D eigenvalue weighted by atomic mass is 16.2. The average molecular weight is 352 g/mol. The number of rotatable bonds is 4. The number of nitrogens with one attached hydrogen (secondary N) is 4. The molecule has 8 nitrogen and oxygen atoms in total. The highest BCUT2D eigenvalue weighted by molar-refractivity contribution is 5.98. The van der Waals surface area contributed by atoms with Gasteiger partial charge < -0.3 is 16.0 Å². The number of nitrogens with zero attached hydrogens (tertiary/aromatic N) is 2. The van der Waals surface area contributed by atoms with Crippen LogP contribution < -0.4 is 16.0 Å². The number of pyridine rings is 1. The van der Waals surface area contributed by atoms with Crippen LogP contribution >= 0.6 is 0 Å². The minimum atomic E-state index is -0.539. The Morgan fingerprint density at radius 1 is 1.38 bits per heavy atom. The Morgan fingerprint density at radius 2 is 2.27 bits per heavy atom. The maximum Gasteiger partial charge on any atom is 0.319 e. The van der Waals surface area contributed by atoms with Gasteiger partial charge in [-0.1, -0.05) is 6.07 Å². The van der Waals surface area contributed by atoms with Crippen LogP contribution in [0.1, 0.15) is 41.9 Å². The van der Waals surface area contributed by atoms with E-state index in [1.165, 1.54) is 11.3 Å². The number of carbonyl (C=O) groups excluding carboxylic acids is 2. The van der Waals surface area contributed by atoms with Crippen molar-refractivity contribution in [3.8, 4) is 0 Å². The Balaban J connectivity index is 1.55. The minimum absolute atomic E-state index is 0.237. The summed E-state index contributed by atoms with van der Waals surface area (Å²) in [6.07, 6.45) is 6.43. The van der Waals surface area contributed by atoms with E-state index in [4.69, 9.17) is 0 Å². The number of H-pyrrole nitrogens is 1. The standard InChI is InChI=1S/C18H20N6O2/c1-10-15(16(22-18(26)21-10)11-4-3-7-19-8-11)17(25)20-9-14-12-5-2-6-13(12)23-24-14/h3-4,7-8,16H,2,5-6,9H2,1H3,(H,20,25)(H,23,24)(H2,21,22,26)/t16-/m0/s1. The third-order valence-electron chi connectivity index (χ3n) is 4.84. The van der Waals surface area contributed by atoms with Crippen LogP contribution in [0.5, 0.6) is 0 Å². The molecule has 134 valence electrons. The highest BCUT2D eigenvalue weighted by Gasteiger charge is 2.31. The zero-order chi connectivity index (χ0) is 18.1. The van der Waals surface area contributed by atoms with E-state index < -0.39 is 6.04 Å². The molecule has 4 rings (SSSR count). The Kier molecular flexibility index (Phi) is 4.16. The summed E-state index contributed by atoms with van der Waals surface area (Å²) in [7, 11) is 0. The second-order valence-electron chi connectivity index (χ2n) is 6.52. The summed E-state index contributed by atoms with van der Waals surface area (Å²) in [4.78, 5) is 28.8. The van der Waals surface area contributed by atoms with Gasteiger partial charge in [-0.15, -0.1) is 0 Å². The Morgan fingerprint density at radius 3 is 3.08 bits per heavy atom. The van der Waals surface area contributed by atoms with Crippen LogP contribution in [0.4, 0.5) is 4.79 Å². The number of fused-ring (bicyclic) bond motifs is 1. The SMILES string of the molecule is CC1=C(C(=O)NCc2n[nH]c3c2CCC3)[C@H](c2cccnc2)NC(=O)N1. The van der Waals surface area contributed by atoms with E-state index in [1.54, 1.807) is 25.4 Å². The fourth-order valence-corrected chi connectivity index (χ4v) is 3.59. The second-order valence-corrected chi connectivity index (χ2v) is 6.52. The lowest BCUT2D eigenvalue weighted by Gasteiger charge is -2.28. The maximum absolute atomic E-state index is 12.9. The number of urea groups is 1. The largest absolute Gasteiger partial charge is 0.346 e. The first-order valence-corrected chi connectivity index (χ1v) is 8.65. The van der Waals surface area contributed by atoms with Gasteiger partial charge in [0.05, 0.1) is 23.9 Å². The zero-order valence-corrected chi connectivity index (χ0v) is 14.4. The molecule has 2 aliphatic rings. The molecule has 0 unspecified atom stereocenters. The molecule has 4 N–H and O–H groups in total. The molecule has 8 heteroatoms. The van der Waals surface area contributed by atoms with Crippen molar-refractivity contribution in [3.05, 3.63) is 58.3 Å². The first-order chi connectivity index (χ1) is 12.6. The van der Waals surface area contributed by atoms with Gasteiger partial charge in [0.1, 0.15) is 0 Å². The fraction of sp³-hybridized carbons (Fsp3) is 0.333. The van der Waals surface area contributed by atoms with E-state index in [0.29, 0.717) is 17.8 Å². The van der Waals surface area contributed by atoms with E-state index in [0.717, 1.165) is 30.5 Å². The van der Waals surface area contributed by atoms with Crippen LogP contribution in [0.15, 0.2) is 35.8 Å². The van der Waals surface area contributed by atoms with Crippen LogP contribution in [-0.4, -0.2) is 27.1 Å². The summed E-state index contributed by atoms with van der Waals surface area (Å²) in [5, 5.41) is 15.8. The average Bonchev–Trinajstić information content (AvgIpc) is 3.24. The lowest BCUT2D eigenvalue weighted by atomic mass is 9.96. The van der Waals surface area contributed by atoms with Crippen molar-refractivity contribution in [1.82, 2.24) is 31.1 Å². The van der Waals surface area contributed by atoms with Crippen LogP contribution in [-0.2, 0) is 24.2 Å². The van der Waals surface area contributed by atoms with Crippen molar-refractivity contribution in [3.63, 3.8) is 0 Å². The monoisotopic (exact) mass is 352 g/mol. The molecule has 0 saturated heterocycles. The Bertz CT molecular complexity index is 886. The van der Waals surface area contributed by atoms with Crippen molar-refractivity contribution in [2.24, 2.45) is 0 Å². The predicted octanol–water partition coefficient (Wildman–Crippen LogP) is 1.24. The van der Waals surface area contributed by atoms with Crippen LogP contribution in [0.3, 0.4) is 0 Å². The summed E-state index contributed by atoms with van der Waals surface area (Å²) in [6.45, 7) is 2.08. The smallest absolute Gasteiger partial charge is 0.319 e. The minimum Gasteiger partial charge on any atom is -0.346 e. The van der Waals surface area contributed by atoms with E-state index in [-0.39, 0.29) is 11.9 Å². The van der Waals surface area contributed by atoms with Gasteiger partial charge in [-0.05, 0) is 43.4 Å². The summed E-state index contributed by atoms with van der Waals surface area (Å²) < 4.78 is 0. The Labute approximate surface area is 150 Å². The van der Waals surface area contributed by atoms with Crippen LogP contribution in [0.25, 0.3) is 0 Å². The molecular formula is C18H20N6O2. The Hall–Kier alpha value is -3.16. The first-order valence-electron chi connectivity index (χ1n) is 8.65. The molecule has 0 radical (unpaired) electrons. The lowest BCUT2D eigenvalue weighted by molar-refractivity contribution is -0.118. The molecule has 0 aromatic carbocycles. The summed E-state index contributed by atoms with van der Waals surface area (Å²) in [5.74, 6) is -0.237. The van der Waals surface area contributed by atoms with Crippen molar-refractivity contribution in [2.75, 3.05) is 0 Å². The zero-order valence-electron chi connectivity index (χ0n) is 14.4. The summed E-state index contributed by atoms with van der Waals surface area (Å²) in [5.41, 5.74) is 5.04. The number of hydrogen-bond acceptors (Lipinski definition) is 4. The van der Waals surface area contributed by atoms with Crippen LogP contribution in [0, 0.1) is 0 Å². The number of aromatic nitrogens is 3. The van der Waals surface area contributed by atoms with Crippen LogP contribution in [0.2, 0.25) is 0 Å². The molecule has 2 aromatic heterocycles. The van der Waals surface area contributed by atoms with Gasteiger partial charge >= 0.3 is 6.03 Å². The molecule has 3 heterocycles. The third-order valence-corrected chi connectivity index (χ3v) is 4.84. The summed E-state index contributed by atoms with van der Waals surface area (Å²) >= 11 is 0. The molecule has 1 aliphatic heterocycles. The third kappa shape index (κ3) is 2.94. The topological polar surface area (TPSA) is 112 Å².